The van der Waals surface area contributed by atoms with Gasteiger partial charge in [-0.3, -0.25) is 38.4 Å². The summed E-state index contributed by atoms with van der Waals surface area (Å²) in [5.41, 5.74) is 0. The van der Waals surface area contributed by atoms with Crippen molar-refractivity contribution in [3.05, 3.63) is 0 Å². The third-order valence-corrected chi connectivity index (χ3v) is 23.2. The number of esters is 8. The molecule has 0 aliphatic heterocycles. The maximum Gasteiger partial charge on any atom is 0.309 e. The molecule has 0 bridgehead atoms. The van der Waals surface area contributed by atoms with Gasteiger partial charge in [0.05, 0.1) is 51.4 Å². The molecule has 24 heteroatoms. The van der Waals surface area contributed by atoms with Gasteiger partial charge in [-0.15, -0.1) is 0 Å². The lowest BCUT2D eigenvalue weighted by atomic mass is 10.2. The van der Waals surface area contributed by atoms with Crippen LogP contribution in [0.25, 0.3) is 0 Å². The normalized spacial score (nSPS) is 10.7. The molecule has 101 heavy (non-hydrogen) atoms. The fourth-order valence-electron chi connectivity index (χ4n) is 8.54. The minimum atomic E-state index is -0.792. The Hall–Kier alpha value is -1.44. The predicted molar refractivity (Wildman–Crippen MR) is 441 cm³/mol. The second-order valence-corrected chi connectivity index (χ2v) is 34.2. The van der Waals surface area contributed by atoms with Gasteiger partial charge in [-0.25, -0.2) is 0 Å². The van der Waals surface area contributed by atoms with E-state index < -0.39 is 6.29 Å². The Bertz CT molecular complexity index is 1560. The third kappa shape index (κ3) is 98.6. The molecule has 0 rings (SSSR count). The van der Waals surface area contributed by atoms with Crippen molar-refractivity contribution in [2.75, 3.05) is 112 Å². The molecule has 0 aliphatic rings. The van der Waals surface area contributed by atoms with Crippen molar-refractivity contribution in [2.24, 2.45) is 0 Å². The summed E-state index contributed by atoms with van der Waals surface area (Å²) >= 11 is 14.2. The second kappa shape index (κ2) is 92.8. The van der Waals surface area contributed by atoms with Crippen LogP contribution in [-0.2, 0) is 76.3 Å². The highest BCUT2D eigenvalue weighted by Gasteiger charge is 2.15. The standard InChI is InChI=1S/C20H38O4S2.3C19H36O4S2/c1-4-6-8-10-14-25-16-12-19(21)23-18(3)24-20(22)13-17-26-15-11-9-7-5-2;3*1-3-5-7-9-13-24-15-11-18(20)22-17-23-19(21)12-16-25-14-10-8-6-4-2/h18H,4-17H2,1-3H3;3*3-17H2,1-2H3. The van der Waals surface area contributed by atoms with Crippen LogP contribution in [0.5, 0.6) is 0 Å². The number of rotatable bonds is 72. The summed E-state index contributed by atoms with van der Waals surface area (Å²) in [5, 5.41) is 0. The molecule has 0 amide bonds. The molecule has 0 heterocycles. The first kappa shape index (κ1) is 106. The number of unbranched alkanes of at least 4 members (excludes halogenated alkanes) is 24. The van der Waals surface area contributed by atoms with E-state index in [2.05, 4.69) is 55.4 Å². The van der Waals surface area contributed by atoms with E-state index >= 15 is 0 Å². The Morgan fingerprint density at radius 1 is 0.198 bits per heavy atom. The van der Waals surface area contributed by atoms with E-state index in [1.807, 2.05) is 0 Å². The molecular weight excluding hydrogens is 1440 g/mol. The monoisotopic (exact) mass is 1580 g/mol. The molecule has 0 unspecified atom stereocenters. The number of ether oxygens (including phenoxy) is 8. The van der Waals surface area contributed by atoms with E-state index in [1.54, 1.807) is 101 Å². The number of hydrogen-bond acceptors (Lipinski definition) is 24. The fourth-order valence-corrected chi connectivity index (χ4v) is 15.9. The molecule has 0 saturated heterocycles. The Labute approximate surface area is 651 Å². The minimum absolute atomic E-state index is 0.250. The van der Waals surface area contributed by atoms with Gasteiger partial charge in [0.1, 0.15) is 0 Å². The van der Waals surface area contributed by atoms with Crippen LogP contribution in [0, 0.1) is 0 Å². The number of carbonyl (C=O) groups excluding carboxylic acids is 8. The largest absolute Gasteiger partial charge is 0.428 e. The topological polar surface area (TPSA) is 210 Å². The van der Waals surface area contributed by atoms with Crippen molar-refractivity contribution >= 4 is 142 Å². The van der Waals surface area contributed by atoms with Gasteiger partial charge in [-0.2, -0.15) is 94.1 Å². The van der Waals surface area contributed by atoms with E-state index in [4.69, 9.17) is 37.9 Å². The van der Waals surface area contributed by atoms with Crippen LogP contribution in [-0.4, -0.2) is 166 Å². The average molecular weight is 1580 g/mol. The van der Waals surface area contributed by atoms with E-state index in [0.29, 0.717) is 51.4 Å². The maximum absolute atomic E-state index is 11.7. The predicted octanol–water partition coefficient (Wildman–Crippen LogP) is 22.1. The molecule has 0 aromatic rings. The quantitative estimate of drug-likeness (QED) is 0.0240. The molecule has 0 aromatic heterocycles. The first-order valence-electron chi connectivity index (χ1n) is 39.2. The zero-order valence-electron chi connectivity index (χ0n) is 65.1. The van der Waals surface area contributed by atoms with E-state index in [-0.39, 0.29) is 68.1 Å². The van der Waals surface area contributed by atoms with E-state index in [1.165, 1.54) is 205 Å². The Morgan fingerprint density at radius 2 is 0.337 bits per heavy atom. The summed E-state index contributed by atoms with van der Waals surface area (Å²) in [5.74, 6) is 12.6. The average Bonchev–Trinajstić information content (AvgIpc) is 3.38. The van der Waals surface area contributed by atoms with Crippen molar-refractivity contribution < 1.29 is 76.3 Å². The third-order valence-electron chi connectivity index (χ3n) is 14.7. The van der Waals surface area contributed by atoms with Crippen LogP contribution >= 0.6 is 94.1 Å². The summed E-state index contributed by atoms with van der Waals surface area (Å²) in [6.45, 7) is 18.4. The van der Waals surface area contributed by atoms with Crippen LogP contribution in [0.2, 0.25) is 0 Å². The summed E-state index contributed by atoms with van der Waals surface area (Å²) < 4.78 is 39.8. The zero-order chi connectivity index (χ0) is 75.2. The Balaban J connectivity index is -0.000000621. The van der Waals surface area contributed by atoms with Gasteiger partial charge in [0.15, 0.2) is 0 Å². The lowest BCUT2D eigenvalue weighted by Crippen LogP contribution is -2.22. The SMILES string of the molecule is CCCCCCSCCC(=O)OC(C)OC(=O)CCSCCCCCC.CCCCCCSCCC(=O)OCOC(=O)CCSCCCCCC.CCCCCCSCCC(=O)OCOC(=O)CCSCCCCCC.CCCCCCSCCC(=O)OCOC(=O)CCSCCCCCC. The van der Waals surface area contributed by atoms with Crippen molar-refractivity contribution in [2.45, 2.75) is 325 Å². The lowest BCUT2D eigenvalue weighted by molar-refractivity contribution is -0.184. The Kier molecular flexibility index (Phi) is 97.3. The minimum Gasteiger partial charge on any atom is -0.428 e. The molecule has 0 fully saturated rings. The molecule has 0 atom stereocenters. The molecule has 16 nitrogen and oxygen atoms in total. The highest BCUT2D eigenvalue weighted by Crippen LogP contribution is 2.17. The molecule has 0 saturated carbocycles. The highest BCUT2D eigenvalue weighted by molar-refractivity contribution is 8.00. The fraction of sp³-hybridized carbons (Fsp3) is 0.896. The van der Waals surface area contributed by atoms with Gasteiger partial charge < -0.3 is 37.9 Å². The second-order valence-electron chi connectivity index (χ2n) is 24.4. The maximum atomic E-state index is 11.7. The van der Waals surface area contributed by atoms with E-state index in [9.17, 15) is 38.4 Å². The molecule has 0 aliphatic carbocycles. The van der Waals surface area contributed by atoms with Crippen molar-refractivity contribution in [3.8, 4) is 0 Å². The van der Waals surface area contributed by atoms with Gasteiger partial charge >= 0.3 is 47.8 Å². The van der Waals surface area contributed by atoms with Crippen LogP contribution in [0.1, 0.15) is 319 Å². The van der Waals surface area contributed by atoms with Crippen molar-refractivity contribution in [3.63, 3.8) is 0 Å². The number of thioether (sulfide) groups is 8. The summed E-state index contributed by atoms with van der Waals surface area (Å²) in [4.78, 5) is 92.5. The molecular formula is C77H146O16S8. The number of hydrogen-bond donors (Lipinski definition) is 0. The van der Waals surface area contributed by atoms with E-state index in [0.717, 1.165) is 92.0 Å². The smallest absolute Gasteiger partial charge is 0.309 e. The highest BCUT2D eigenvalue weighted by atomic mass is 32.2. The van der Waals surface area contributed by atoms with Crippen molar-refractivity contribution in [1.29, 1.82) is 0 Å². The first-order chi connectivity index (χ1) is 49.2. The number of carbonyl (C=O) groups is 8. The van der Waals surface area contributed by atoms with Gasteiger partial charge in [0, 0.05) is 52.9 Å². The molecule has 0 spiro atoms. The summed E-state index contributed by atoms with van der Waals surface area (Å²) in [7, 11) is 0. The summed E-state index contributed by atoms with van der Waals surface area (Å²) in [6.07, 6.45) is 42.2. The van der Waals surface area contributed by atoms with Crippen LogP contribution in [0.4, 0.5) is 0 Å². The molecule has 0 N–H and O–H groups in total. The first-order valence-corrected chi connectivity index (χ1v) is 48.4. The molecule has 0 aromatic carbocycles. The van der Waals surface area contributed by atoms with Gasteiger partial charge in [-0.05, 0) is 97.4 Å². The van der Waals surface area contributed by atoms with Crippen LogP contribution < -0.4 is 0 Å². The molecule has 0 radical (unpaired) electrons. The van der Waals surface area contributed by atoms with Crippen LogP contribution in [0.15, 0.2) is 0 Å². The van der Waals surface area contributed by atoms with Gasteiger partial charge in [0.2, 0.25) is 26.7 Å². The zero-order valence-corrected chi connectivity index (χ0v) is 71.6. The lowest BCUT2D eigenvalue weighted by Gasteiger charge is -2.14. The van der Waals surface area contributed by atoms with Gasteiger partial charge in [0.25, 0.3) is 0 Å². The summed E-state index contributed by atoms with van der Waals surface area (Å²) in [6, 6.07) is 0. The van der Waals surface area contributed by atoms with Gasteiger partial charge in [-0.1, -0.05) is 209 Å². The van der Waals surface area contributed by atoms with Crippen molar-refractivity contribution in [1.82, 2.24) is 0 Å². The Morgan fingerprint density at radius 3 is 0.475 bits per heavy atom. The molecule has 598 valence electrons. The van der Waals surface area contributed by atoms with Crippen LogP contribution in [0.3, 0.4) is 0 Å².